The summed E-state index contributed by atoms with van der Waals surface area (Å²) in [6, 6.07) is 7.84. The maximum atomic E-state index is 10.9. The van der Waals surface area contributed by atoms with Gasteiger partial charge in [0.05, 0.1) is 17.5 Å². The molecule has 1 fully saturated rings. The van der Waals surface area contributed by atoms with Gasteiger partial charge in [-0.15, -0.1) is 11.3 Å². The van der Waals surface area contributed by atoms with E-state index in [0.717, 1.165) is 23.4 Å². The molecule has 2 aromatic rings. The van der Waals surface area contributed by atoms with Crippen molar-refractivity contribution in [1.82, 2.24) is 4.98 Å². The Labute approximate surface area is 137 Å². The van der Waals surface area contributed by atoms with E-state index >= 15 is 0 Å². The van der Waals surface area contributed by atoms with E-state index in [2.05, 4.69) is 11.1 Å². The number of thiazole rings is 1. The number of hydrogen-bond donors (Lipinski definition) is 1. The van der Waals surface area contributed by atoms with Gasteiger partial charge in [0.2, 0.25) is 0 Å². The van der Waals surface area contributed by atoms with Crippen molar-refractivity contribution in [3.8, 4) is 0 Å². The van der Waals surface area contributed by atoms with Gasteiger partial charge in [-0.2, -0.15) is 0 Å². The van der Waals surface area contributed by atoms with Crippen LogP contribution in [-0.4, -0.2) is 29.3 Å². The van der Waals surface area contributed by atoms with E-state index in [9.17, 15) is 4.79 Å². The lowest BCUT2D eigenvalue weighted by Gasteiger charge is -2.36. The van der Waals surface area contributed by atoms with Crippen LogP contribution in [0.1, 0.15) is 29.1 Å². The molecule has 1 saturated heterocycles. The van der Waals surface area contributed by atoms with Gasteiger partial charge in [-0.05, 0) is 30.5 Å². The fourth-order valence-corrected chi connectivity index (χ4v) is 4.19. The molecule has 116 valence electrons. The van der Waals surface area contributed by atoms with Gasteiger partial charge in [0, 0.05) is 23.6 Å². The molecule has 0 radical (unpaired) electrons. The van der Waals surface area contributed by atoms with Crippen LogP contribution in [0.3, 0.4) is 0 Å². The molecular weight excluding hydrogens is 322 g/mol. The monoisotopic (exact) mass is 337 g/mol. The number of carboxylic acid groups (broad SMARTS) is 1. The topological polar surface area (TPSA) is 59.4 Å². The Balaban J connectivity index is 2.02. The minimum absolute atomic E-state index is 0.0430. The fourth-order valence-electron chi connectivity index (χ4n) is 2.89. The SMILES string of the molecule is O=C(O)Cc1csc(C2(c3cccc(Cl)c3)CCOCC2)n1. The lowest BCUT2D eigenvalue weighted by atomic mass is 9.74. The van der Waals surface area contributed by atoms with Crippen LogP contribution in [0.25, 0.3) is 0 Å². The zero-order valence-corrected chi connectivity index (χ0v) is 13.5. The third kappa shape index (κ3) is 3.02. The molecule has 0 amide bonds. The lowest BCUT2D eigenvalue weighted by molar-refractivity contribution is -0.136. The van der Waals surface area contributed by atoms with Gasteiger partial charge in [-0.25, -0.2) is 4.98 Å². The minimum atomic E-state index is -0.861. The predicted octanol–water partition coefficient (Wildman–Crippen LogP) is 3.52. The van der Waals surface area contributed by atoms with E-state index < -0.39 is 5.97 Å². The molecule has 1 aromatic carbocycles. The fraction of sp³-hybridized carbons (Fsp3) is 0.375. The Kier molecular flexibility index (Phi) is 4.47. The zero-order chi connectivity index (χ0) is 15.6. The second kappa shape index (κ2) is 6.36. The van der Waals surface area contributed by atoms with Crippen molar-refractivity contribution < 1.29 is 14.6 Å². The third-order valence-electron chi connectivity index (χ3n) is 4.02. The molecule has 3 rings (SSSR count). The van der Waals surface area contributed by atoms with E-state index in [4.69, 9.17) is 21.4 Å². The molecule has 0 bridgehead atoms. The summed E-state index contributed by atoms with van der Waals surface area (Å²) >= 11 is 7.69. The third-order valence-corrected chi connectivity index (χ3v) is 5.35. The Morgan fingerprint density at radius 2 is 2.18 bits per heavy atom. The Hall–Kier alpha value is -1.43. The van der Waals surface area contributed by atoms with Crippen LogP contribution in [0, 0.1) is 0 Å². The summed E-state index contributed by atoms with van der Waals surface area (Å²) in [7, 11) is 0. The lowest BCUT2D eigenvalue weighted by Crippen LogP contribution is -2.35. The second-order valence-electron chi connectivity index (χ2n) is 5.42. The van der Waals surface area contributed by atoms with E-state index in [1.165, 1.54) is 11.3 Å². The molecule has 0 saturated carbocycles. The Bertz CT molecular complexity index is 680. The molecular formula is C16H16ClNO3S. The molecule has 1 aliphatic rings. The number of ether oxygens (including phenoxy) is 1. The maximum Gasteiger partial charge on any atom is 0.309 e. The average Bonchev–Trinajstić information content (AvgIpc) is 2.96. The average molecular weight is 338 g/mol. The molecule has 22 heavy (non-hydrogen) atoms. The Morgan fingerprint density at radius 3 is 2.86 bits per heavy atom. The highest BCUT2D eigenvalue weighted by molar-refractivity contribution is 7.09. The van der Waals surface area contributed by atoms with Crippen LogP contribution < -0.4 is 0 Å². The van der Waals surface area contributed by atoms with Crippen LogP contribution >= 0.6 is 22.9 Å². The van der Waals surface area contributed by atoms with Crippen molar-refractivity contribution in [3.05, 3.63) is 50.9 Å². The van der Waals surface area contributed by atoms with Crippen LogP contribution in [-0.2, 0) is 21.4 Å². The molecule has 0 atom stereocenters. The highest BCUT2D eigenvalue weighted by atomic mass is 35.5. The number of aromatic nitrogens is 1. The molecule has 4 nitrogen and oxygen atoms in total. The standard InChI is InChI=1S/C16H16ClNO3S/c17-12-3-1-2-11(8-12)16(4-6-21-7-5-16)15-18-13(10-22-15)9-14(19)20/h1-3,8,10H,4-7,9H2,(H,19,20). The Morgan fingerprint density at radius 1 is 1.41 bits per heavy atom. The molecule has 1 N–H and O–H groups in total. The molecule has 2 heterocycles. The maximum absolute atomic E-state index is 10.9. The predicted molar refractivity (Wildman–Crippen MR) is 85.7 cm³/mol. The largest absolute Gasteiger partial charge is 0.481 e. The first-order chi connectivity index (χ1) is 10.6. The number of rotatable bonds is 4. The van der Waals surface area contributed by atoms with Gasteiger partial charge in [-0.1, -0.05) is 23.7 Å². The molecule has 1 aromatic heterocycles. The van der Waals surface area contributed by atoms with Gasteiger partial charge in [0.15, 0.2) is 0 Å². The van der Waals surface area contributed by atoms with Gasteiger partial charge >= 0.3 is 5.97 Å². The highest BCUT2D eigenvalue weighted by Crippen LogP contribution is 2.43. The van der Waals surface area contributed by atoms with E-state index in [-0.39, 0.29) is 11.8 Å². The van der Waals surface area contributed by atoms with Crippen molar-refractivity contribution >= 4 is 28.9 Å². The molecule has 0 aliphatic carbocycles. The molecule has 0 spiro atoms. The van der Waals surface area contributed by atoms with Crippen molar-refractivity contribution in [3.63, 3.8) is 0 Å². The summed E-state index contributed by atoms with van der Waals surface area (Å²) in [4.78, 5) is 15.5. The zero-order valence-electron chi connectivity index (χ0n) is 11.9. The van der Waals surface area contributed by atoms with Crippen molar-refractivity contribution in [1.29, 1.82) is 0 Å². The number of carboxylic acids is 1. The summed E-state index contributed by atoms with van der Waals surface area (Å²) in [5, 5.41) is 12.4. The van der Waals surface area contributed by atoms with Crippen LogP contribution in [0.4, 0.5) is 0 Å². The normalized spacial score (nSPS) is 17.3. The summed E-state index contributed by atoms with van der Waals surface area (Å²) < 4.78 is 5.52. The number of halogens is 1. The first kappa shape index (κ1) is 15.5. The van der Waals surface area contributed by atoms with Gasteiger partial charge in [-0.3, -0.25) is 4.79 Å². The smallest absolute Gasteiger partial charge is 0.309 e. The number of carbonyl (C=O) groups is 1. The summed E-state index contributed by atoms with van der Waals surface area (Å²) in [5.41, 5.74) is 1.50. The van der Waals surface area contributed by atoms with E-state index in [1.807, 2.05) is 23.6 Å². The van der Waals surface area contributed by atoms with Crippen molar-refractivity contribution in [2.24, 2.45) is 0 Å². The number of hydrogen-bond acceptors (Lipinski definition) is 4. The summed E-state index contributed by atoms with van der Waals surface area (Å²) in [6.45, 7) is 1.33. The van der Waals surface area contributed by atoms with E-state index in [1.54, 1.807) is 0 Å². The number of benzene rings is 1. The minimum Gasteiger partial charge on any atom is -0.481 e. The first-order valence-electron chi connectivity index (χ1n) is 7.11. The van der Waals surface area contributed by atoms with Gasteiger partial charge in [0.25, 0.3) is 0 Å². The summed E-state index contributed by atoms with van der Waals surface area (Å²) in [6.07, 6.45) is 1.61. The van der Waals surface area contributed by atoms with Crippen LogP contribution in [0.2, 0.25) is 5.02 Å². The van der Waals surface area contributed by atoms with Crippen LogP contribution in [0.5, 0.6) is 0 Å². The molecule has 6 heteroatoms. The number of nitrogens with zero attached hydrogens (tertiary/aromatic N) is 1. The number of aliphatic carboxylic acids is 1. The van der Waals surface area contributed by atoms with Crippen LogP contribution in [0.15, 0.2) is 29.6 Å². The second-order valence-corrected chi connectivity index (χ2v) is 6.71. The van der Waals surface area contributed by atoms with Gasteiger partial charge < -0.3 is 9.84 Å². The van der Waals surface area contributed by atoms with E-state index in [0.29, 0.717) is 23.9 Å². The highest BCUT2D eigenvalue weighted by Gasteiger charge is 2.39. The van der Waals surface area contributed by atoms with Crippen molar-refractivity contribution in [2.75, 3.05) is 13.2 Å². The quantitative estimate of drug-likeness (QED) is 0.927. The summed E-state index contributed by atoms with van der Waals surface area (Å²) in [5.74, 6) is -0.861. The first-order valence-corrected chi connectivity index (χ1v) is 8.36. The molecule has 1 aliphatic heterocycles. The van der Waals surface area contributed by atoms with Gasteiger partial charge in [0.1, 0.15) is 5.01 Å². The molecule has 0 unspecified atom stereocenters. The van der Waals surface area contributed by atoms with Crippen molar-refractivity contribution in [2.45, 2.75) is 24.7 Å².